The van der Waals surface area contributed by atoms with E-state index in [4.69, 9.17) is 4.74 Å². The fourth-order valence-electron chi connectivity index (χ4n) is 3.14. The fraction of sp³-hybridized carbons (Fsp3) is 0.647. The van der Waals surface area contributed by atoms with E-state index in [9.17, 15) is 0 Å². The van der Waals surface area contributed by atoms with E-state index in [-0.39, 0.29) is 0 Å². The number of hydrogen-bond donors (Lipinski definition) is 1. The predicted octanol–water partition coefficient (Wildman–Crippen LogP) is 3.90. The monoisotopic (exact) mass is 323 g/mol. The summed E-state index contributed by atoms with van der Waals surface area (Å²) < 4.78 is 5.65. The van der Waals surface area contributed by atoms with Crippen molar-refractivity contribution in [3.05, 3.63) is 29.3 Å². The summed E-state index contributed by atoms with van der Waals surface area (Å²) in [6.45, 7) is 6.56. The summed E-state index contributed by atoms with van der Waals surface area (Å²) in [6.07, 6.45) is 2.25. The normalized spacial score (nSPS) is 26.2. The van der Waals surface area contributed by atoms with Crippen molar-refractivity contribution in [2.45, 2.75) is 43.2 Å². The van der Waals surface area contributed by atoms with Crippen molar-refractivity contribution in [1.29, 1.82) is 0 Å². The molecule has 2 aliphatic rings. The van der Waals surface area contributed by atoms with E-state index in [1.165, 1.54) is 29.1 Å². The van der Waals surface area contributed by atoms with Crippen LogP contribution in [-0.4, -0.2) is 35.2 Å². The topological polar surface area (TPSA) is 21.3 Å². The molecule has 21 heavy (non-hydrogen) atoms. The highest BCUT2D eigenvalue weighted by molar-refractivity contribution is 8.07. The number of nitrogens with one attached hydrogen (secondary N) is 1. The van der Waals surface area contributed by atoms with Gasteiger partial charge in [0.15, 0.2) is 0 Å². The molecule has 1 saturated heterocycles. The Morgan fingerprint density at radius 3 is 3.00 bits per heavy atom. The van der Waals surface area contributed by atoms with E-state index < -0.39 is 0 Å². The number of fused-ring (bicyclic) bond motifs is 1. The van der Waals surface area contributed by atoms with Gasteiger partial charge >= 0.3 is 0 Å². The number of hydrogen-bond acceptors (Lipinski definition) is 4. The molecule has 116 valence electrons. The Labute approximate surface area is 136 Å². The number of benzene rings is 1. The first-order chi connectivity index (χ1) is 10.3. The molecule has 0 amide bonds. The third-order valence-corrected chi connectivity index (χ3v) is 7.45. The van der Waals surface area contributed by atoms with E-state index in [1.807, 2.05) is 0 Å². The summed E-state index contributed by atoms with van der Waals surface area (Å²) in [6, 6.07) is 7.28. The van der Waals surface area contributed by atoms with E-state index in [0.29, 0.717) is 16.5 Å². The van der Waals surface area contributed by atoms with Gasteiger partial charge in [-0.2, -0.15) is 23.5 Å². The zero-order chi connectivity index (χ0) is 14.7. The first-order valence-corrected chi connectivity index (χ1v) is 10.1. The van der Waals surface area contributed by atoms with Crippen molar-refractivity contribution < 1.29 is 4.74 Å². The molecule has 1 aromatic rings. The van der Waals surface area contributed by atoms with Crippen LogP contribution in [0.3, 0.4) is 0 Å². The maximum atomic E-state index is 5.65. The van der Waals surface area contributed by atoms with Gasteiger partial charge in [0.1, 0.15) is 5.75 Å². The molecule has 0 spiro atoms. The van der Waals surface area contributed by atoms with Crippen molar-refractivity contribution >= 4 is 23.5 Å². The SMILES string of the molecule is CCCNC(c1ccc2c(c1)CCO2)C1SCCSC1C. The molecule has 3 atom stereocenters. The highest BCUT2D eigenvalue weighted by Gasteiger charge is 2.31. The Hall–Kier alpha value is -0.320. The van der Waals surface area contributed by atoms with Gasteiger partial charge in [-0.3, -0.25) is 0 Å². The Balaban J connectivity index is 1.84. The van der Waals surface area contributed by atoms with Gasteiger partial charge in [-0.15, -0.1) is 0 Å². The summed E-state index contributed by atoms with van der Waals surface area (Å²) in [4.78, 5) is 0. The molecule has 0 saturated carbocycles. The zero-order valence-electron chi connectivity index (χ0n) is 12.9. The van der Waals surface area contributed by atoms with Crippen LogP contribution in [0, 0.1) is 0 Å². The maximum absolute atomic E-state index is 5.65. The van der Waals surface area contributed by atoms with Crippen LogP contribution in [0.5, 0.6) is 5.75 Å². The van der Waals surface area contributed by atoms with Crippen LogP contribution in [-0.2, 0) is 6.42 Å². The summed E-state index contributed by atoms with van der Waals surface area (Å²) in [5, 5.41) is 5.18. The van der Waals surface area contributed by atoms with Crippen molar-refractivity contribution in [2.24, 2.45) is 0 Å². The Kier molecular flexibility index (Phi) is 5.41. The highest BCUT2D eigenvalue weighted by Crippen LogP contribution is 2.40. The smallest absolute Gasteiger partial charge is 0.122 e. The lowest BCUT2D eigenvalue weighted by atomic mass is 9.98. The molecule has 2 aliphatic heterocycles. The zero-order valence-corrected chi connectivity index (χ0v) is 14.6. The minimum absolute atomic E-state index is 0.462. The molecule has 1 aromatic carbocycles. The summed E-state index contributed by atoms with van der Waals surface area (Å²) in [5.74, 6) is 3.66. The molecule has 4 heteroatoms. The van der Waals surface area contributed by atoms with Gasteiger partial charge in [0.2, 0.25) is 0 Å². The third kappa shape index (κ3) is 3.54. The van der Waals surface area contributed by atoms with Crippen LogP contribution in [0.15, 0.2) is 18.2 Å². The van der Waals surface area contributed by atoms with E-state index in [0.717, 1.165) is 25.3 Å². The van der Waals surface area contributed by atoms with Crippen LogP contribution in [0.25, 0.3) is 0 Å². The Morgan fingerprint density at radius 1 is 1.33 bits per heavy atom. The fourth-order valence-corrected chi connectivity index (χ4v) is 6.09. The maximum Gasteiger partial charge on any atom is 0.122 e. The van der Waals surface area contributed by atoms with Crippen LogP contribution < -0.4 is 10.1 Å². The summed E-state index contributed by atoms with van der Waals surface area (Å²) in [5.41, 5.74) is 2.83. The summed E-state index contributed by atoms with van der Waals surface area (Å²) in [7, 11) is 0. The molecule has 3 unspecified atom stereocenters. The highest BCUT2D eigenvalue weighted by atomic mass is 32.2. The van der Waals surface area contributed by atoms with E-state index >= 15 is 0 Å². The standard InChI is InChI=1S/C17H25NOS2/c1-3-7-18-16(17-12(2)20-9-10-21-17)14-4-5-15-13(11-14)6-8-19-15/h4-5,11-12,16-18H,3,6-10H2,1-2H3. The van der Waals surface area contributed by atoms with Gasteiger partial charge in [0.05, 0.1) is 6.61 Å². The molecular weight excluding hydrogens is 298 g/mol. The van der Waals surface area contributed by atoms with E-state index in [2.05, 4.69) is 60.9 Å². The lowest BCUT2D eigenvalue weighted by molar-refractivity contribution is 0.356. The van der Waals surface area contributed by atoms with Gasteiger partial charge < -0.3 is 10.1 Å². The van der Waals surface area contributed by atoms with Crippen molar-refractivity contribution in [2.75, 3.05) is 24.7 Å². The van der Waals surface area contributed by atoms with Crippen LogP contribution >= 0.6 is 23.5 Å². The second kappa shape index (κ2) is 7.30. The minimum Gasteiger partial charge on any atom is -0.493 e. The van der Waals surface area contributed by atoms with Crippen molar-refractivity contribution in [1.82, 2.24) is 5.32 Å². The van der Waals surface area contributed by atoms with Gasteiger partial charge in [-0.25, -0.2) is 0 Å². The number of rotatable bonds is 5. The molecule has 0 aliphatic carbocycles. The van der Waals surface area contributed by atoms with Crippen LogP contribution in [0.4, 0.5) is 0 Å². The predicted molar refractivity (Wildman–Crippen MR) is 94.8 cm³/mol. The Bertz CT molecular complexity index is 480. The lowest BCUT2D eigenvalue weighted by Crippen LogP contribution is -2.38. The quantitative estimate of drug-likeness (QED) is 0.887. The van der Waals surface area contributed by atoms with Crippen LogP contribution in [0.1, 0.15) is 37.4 Å². The largest absolute Gasteiger partial charge is 0.493 e. The average molecular weight is 324 g/mol. The second-order valence-electron chi connectivity index (χ2n) is 5.81. The van der Waals surface area contributed by atoms with Crippen LogP contribution in [0.2, 0.25) is 0 Å². The molecular formula is C17H25NOS2. The van der Waals surface area contributed by atoms with Gasteiger partial charge in [0.25, 0.3) is 0 Å². The Morgan fingerprint density at radius 2 is 2.19 bits per heavy atom. The minimum atomic E-state index is 0.462. The molecule has 2 heterocycles. The molecule has 0 aromatic heterocycles. The molecule has 1 N–H and O–H groups in total. The van der Waals surface area contributed by atoms with Crippen molar-refractivity contribution in [3.8, 4) is 5.75 Å². The molecule has 1 fully saturated rings. The van der Waals surface area contributed by atoms with Gasteiger partial charge in [0, 0.05) is 34.5 Å². The first kappa shape index (κ1) is 15.6. The van der Waals surface area contributed by atoms with E-state index in [1.54, 1.807) is 0 Å². The number of ether oxygens (including phenoxy) is 1. The first-order valence-electron chi connectivity index (χ1n) is 8.02. The lowest BCUT2D eigenvalue weighted by Gasteiger charge is -2.35. The molecule has 2 nitrogen and oxygen atoms in total. The molecule has 0 bridgehead atoms. The second-order valence-corrected chi connectivity index (χ2v) is 8.58. The van der Waals surface area contributed by atoms with Crippen molar-refractivity contribution in [3.63, 3.8) is 0 Å². The van der Waals surface area contributed by atoms with Gasteiger partial charge in [-0.1, -0.05) is 26.0 Å². The molecule has 0 radical (unpaired) electrons. The van der Waals surface area contributed by atoms with Gasteiger partial charge in [-0.05, 0) is 30.2 Å². The molecule has 3 rings (SSSR count). The third-order valence-electron chi connectivity index (χ3n) is 4.25. The average Bonchev–Trinajstić information content (AvgIpc) is 2.97. The number of thioether (sulfide) groups is 2. The summed E-state index contributed by atoms with van der Waals surface area (Å²) >= 11 is 4.27.